The number of hydrogen-bond donors (Lipinski definition) is 0. The second-order valence-corrected chi connectivity index (χ2v) is 16.7. The van der Waals surface area contributed by atoms with E-state index < -0.39 is 0 Å². The van der Waals surface area contributed by atoms with Crippen LogP contribution in [0, 0.1) is 0 Å². The Bertz CT molecular complexity index is 3130. The summed E-state index contributed by atoms with van der Waals surface area (Å²) in [5.74, 6) is 0. The Morgan fingerprint density at radius 2 is 0.613 bits per heavy atom. The van der Waals surface area contributed by atoms with E-state index >= 15 is 0 Å². The lowest BCUT2D eigenvalue weighted by Gasteiger charge is -2.16. The molecule has 8 aromatic carbocycles. The molecule has 0 unspecified atom stereocenters. The molecule has 0 spiro atoms. The van der Waals surface area contributed by atoms with Gasteiger partial charge in [-0.1, -0.05) is 146 Å². The quantitative estimate of drug-likeness (QED) is 0.152. The second kappa shape index (κ2) is 15.1. The van der Waals surface area contributed by atoms with Gasteiger partial charge in [-0.3, -0.25) is 0 Å². The molecule has 0 saturated heterocycles. The van der Waals surface area contributed by atoms with Crippen LogP contribution >= 0.6 is 0 Å². The van der Waals surface area contributed by atoms with Crippen LogP contribution in [0.3, 0.4) is 0 Å². The normalized spacial score (nSPS) is 13.1. The molecule has 10 aromatic rings. The van der Waals surface area contributed by atoms with Crippen LogP contribution in [0.25, 0.3) is 101 Å². The van der Waals surface area contributed by atoms with Crippen molar-refractivity contribution >= 4 is 34.0 Å². The molecule has 2 heteroatoms. The summed E-state index contributed by atoms with van der Waals surface area (Å²) in [6.07, 6.45) is 13.5. The van der Waals surface area contributed by atoms with Gasteiger partial charge in [-0.05, 0) is 154 Å². The lowest BCUT2D eigenvalue weighted by molar-refractivity contribution is 0.888. The van der Waals surface area contributed by atoms with Gasteiger partial charge in [0.1, 0.15) is 0 Å². The number of hydrogen-bond acceptors (Lipinski definition) is 0. The van der Waals surface area contributed by atoms with Crippen LogP contribution < -0.4 is 0 Å². The zero-order valence-corrected chi connectivity index (χ0v) is 34.5. The molecule has 294 valence electrons. The van der Waals surface area contributed by atoms with Gasteiger partial charge in [-0.15, -0.1) is 0 Å². The van der Waals surface area contributed by atoms with E-state index in [9.17, 15) is 0 Å². The first-order chi connectivity index (χ1) is 30.7. The van der Waals surface area contributed by atoms with Crippen LogP contribution in [0.15, 0.2) is 206 Å². The van der Waals surface area contributed by atoms with Crippen LogP contribution in [0.4, 0.5) is 0 Å². The smallest absolute Gasteiger partial charge is 0.0537 e. The Kier molecular flexibility index (Phi) is 8.81. The standard InChI is InChI=1S/C60H44N2/c1-3-15-41(16-4-1)45-35-47(43-27-31-51(32-28-43)61-57-23-11-7-19-53(57)54-20-8-12-24-58(54)61)39-49(37-45)50-38-46(42-17-5-2-6-18-42)36-48(40-50)44-29-33-52(34-30-44)62-59-25-13-9-21-55(59)56-22-10-14-26-60(56)62/h1-11,13,15-23,25,27-40H,12,14,24,26H2. The van der Waals surface area contributed by atoms with Crippen molar-refractivity contribution in [3.63, 3.8) is 0 Å². The average molecular weight is 793 g/mol. The summed E-state index contributed by atoms with van der Waals surface area (Å²) < 4.78 is 4.94. The summed E-state index contributed by atoms with van der Waals surface area (Å²) in [6.45, 7) is 0. The van der Waals surface area contributed by atoms with Crippen molar-refractivity contribution in [2.45, 2.75) is 25.7 Å². The number of fused-ring (bicyclic) bond motifs is 6. The molecular formula is C60H44N2. The Balaban J connectivity index is 0.975. The molecule has 12 rings (SSSR count). The highest BCUT2D eigenvalue weighted by atomic mass is 15.0. The lowest BCUT2D eigenvalue weighted by Crippen LogP contribution is -2.02. The molecule has 0 radical (unpaired) electrons. The molecule has 2 aliphatic rings. The van der Waals surface area contributed by atoms with Gasteiger partial charge in [0.15, 0.2) is 0 Å². The predicted octanol–water partition coefficient (Wildman–Crippen LogP) is 15.8. The first-order valence-electron chi connectivity index (χ1n) is 21.9. The third kappa shape index (κ3) is 6.26. The molecule has 2 aliphatic carbocycles. The minimum atomic E-state index is 1.04. The Morgan fingerprint density at radius 3 is 1.00 bits per heavy atom. The monoisotopic (exact) mass is 792 g/mol. The number of allylic oxidation sites excluding steroid dienone is 2. The molecule has 0 saturated carbocycles. The number of benzene rings is 8. The van der Waals surface area contributed by atoms with E-state index in [1.54, 1.807) is 0 Å². The molecule has 0 aliphatic heterocycles. The lowest BCUT2D eigenvalue weighted by atomic mass is 9.90. The Labute approximate surface area is 363 Å². The van der Waals surface area contributed by atoms with Gasteiger partial charge in [-0.25, -0.2) is 0 Å². The van der Waals surface area contributed by atoms with Crippen LogP contribution in [0.2, 0.25) is 0 Å². The zero-order valence-electron chi connectivity index (χ0n) is 34.5. The zero-order chi connectivity index (χ0) is 41.0. The number of rotatable bonds is 7. The minimum absolute atomic E-state index is 1.04. The van der Waals surface area contributed by atoms with Crippen LogP contribution in [-0.4, -0.2) is 9.13 Å². The molecule has 0 fully saturated rings. The highest BCUT2D eigenvalue weighted by molar-refractivity contribution is 5.95. The highest BCUT2D eigenvalue weighted by Crippen LogP contribution is 2.40. The number of nitrogens with zero attached hydrogens (tertiary/aromatic N) is 2. The van der Waals surface area contributed by atoms with E-state index in [1.807, 2.05) is 0 Å². The minimum Gasteiger partial charge on any atom is -0.313 e. The number of aromatic nitrogens is 2. The van der Waals surface area contributed by atoms with Crippen LogP contribution in [0.1, 0.15) is 35.4 Å². The first kappa shape index (κ1) is 36.2. The van der Waals surface area contributed by atoms with Gasteiger partial charge >= 0.3 is 0 Å². The predicted molar refractivity (Wildman–Crippen MR) is 262 cm³/mol. The summed E-state index contributed by atoms with van der Waals surface area (Å²) in [5.41, 5.74) is 22.4. The van der Waals surface area contributed by atoms with E-state index in [1.165, 1.54) is 111 Å². The summed E-state index contributed by atoms with van der Waals surface area (Å²) in [7, 11) is 0. The fourth-order valence-electron chi connectivity index (χ4n) is 10.1. The van der Waals surface area contributed by atoms with Gasteiger partial charge in [0.2, 0.25) is 0 Å². The fraction of sp³-hybridized carbons (Fsp3) is 0.0667. The molecule has 2 heterocycles. The van der Waals surface area contributed by atoms with Gasteiger partial charge in [0.25, 0.3) is 0 Å². The maximum absolute atomic E-state index is 2.47. The van der Waals surface area contributed by atoms with Crippen molar-refractivity contribution < 1.29 is 0 Å². The fourth-order valence-corrected chi connectivity index (χ4v) is 10.1. The van der Waals surface area contributed by atoms with Gasteiger partial charge in [0, 0.05) is 44.7 Å². The summed E-state index contributed by atoms with van der Waals surface area (Å²) in [6, 6.07) is 71.9. The number of para-hydroxylation sites is 2. The molecular weight excluding hydrogens is 749 g/mol. The third-order valence-corrected chi connectivity index (χ3v) is 13.0. The van der Waals surface area contributed by atoms with E-state index in [0.717, 1.165) is 25.7 Å². The molecule has 2 aromatic heterocycles. The maximum Gasteiger partial charge on any atom is 0.0537 e. The highest BCUT2D eigenvalue weighted by Gasteiger charge is 2.20. The average Bonchev–Trinajstić information content (AvgIpc) is 3.87. The molecule has 0 bridgehead atoms. The van der Waals surface area contributed by atoms with E-state index in [4.69, 9.17) is 0 Å². The van der Waals surface area contributed by atoms with Crippen LogP contribution in [0.5, 0.6) is 0 Å². The van der Waals surface area contributed by atoms with Crippen molar-refractivity contribution in [2.75, 3.05) is 0 Å². The molecule has 2 nitrogen and oxygen atoms in total. The van der Waals surface area contributed by atoms with E-state index in [-0.39, 0.29) is 0 Å². The Hall–Kier alpha value is -7.68. The van der Waals surface area contributed by atoms with Gasteiger partial charge in [-0.2, -0.15) is 0 Å². The van der Waals surface area contributed by atoms with E-state index in [0.29, 0.717) is 0 Å². The van der Waals surface area contributed by atoms with Crippen molar-refractivity contribution in [3.05, 3.63) is 229 Å². The summed E-state index contributed by atoms with van der Waals surface area (Å²) >= 11 is 0. The maximum atomic E-state index is 2.47. The van der Waals surface area contributed by atoms with Crippen molar-refractivity contribution in [2.24, 2.45) is 0 Å². The Morgan fingerprint density at radius 1 is 0.290 bits per heavy atom. The van der Waals surface area contributed by atoms with Crippen molar-refractivity contribution in [1.82, 2.24) is 9.13 Å². The molecule has 62 heavy (non-hydrogen) atoms. The summed E-state index contributed by atoms with van der Waals surface area (Å²) in [5, 5.41) is 2.64. The largest absolute Gasteiger partial charge is 0.313 e. The first-order valence-corrected chi connectivity index (χ1v) is 21.9. The van der Waals surface area contributed by atoms with E-state index in [2.05, 4.69) is 228 Å². The van der Waals surface area contributed by atoms with Gasteiger partial charge in [0.05, 0.1) is 11.0 Å². The van der Waals surface area contributed by atoms with Gasteiger partial charge < -0.3 is 9.13 Å². The SMILES string of the molecule is C1=Cc2c(n(-c3ccc(-c4cc(-c5ccccc5)cc(-c5cc(-c6ccccc6)cc(-c6ccc(-n7c8c(c9ccccc97)C=CCC8)cc6)c5)c4)cc3)c3ccccc23)CC1. The molecule has 0 amide bonds. The second-order valence-electron chi connectivity index (χ2n) is 16.7. The topological polar surface area (TPSA) is 9.86 Å². The summed E-state index contributed by atoms with van der Waals surface area (Å²) in [4.78, 5) is 0. The molecule has 0 atom stereocenters. The molecule has 0 N–H and O–H groups in total. The van der Waals surface area contributed by atoms with Crippen LogP contribution in [-0.2, 0) is 12.8 Å². The third-order valence-electron chi connectivity index (χ3n) is 13.0. The van der Waals surface area contributed by atoms with Crippen molar-refractivity contribution in [1.29, 1.82) is 0 Å². The van der Waals surface area contributed by atoms with Crippen molar-refractivity contribution in [3.8, 4) is 67.0 Å².